The summed E-state index contributed by atoms with van der Waals surface area (Å²) in [5, 5.41) is 6.38. The molecule has 2 N–H and O–H groups in total. The molecule has 110 valence electrons. The maximum Gasteiger partial charge on any atom is 0.227 e. The summed E-state index contributed by atoms with van der Waals surface area (Å²) in [6, 6.07) is 7.85. The van der Waals surface area contributed by atoms with E-state index < -0.39 is 0 Å². The molecule has 1 aromatic rings. The SMILES string of the molecule is CC(C)(C)Nc1ccc(NC(=O)C2CCOCC2)cc1. The molecule has 20 heavy (non-hydrogen) atoms. The fourth-order valence-corrected chi connectivity index (χ4v) is 2.27. The third-order valence-electron chi connectivity index (χ3n) is 3.26. The van der Waals surface area contributed by atoms with Crippen LogP contribution in [0.1, 0.15) is 33.6 Å². The van der Waals surface area contributed by atoms with Gasteiger partial charge in [0.2, 0.25) is 5.91 Å². The average Bonchev–Trinajstić information content (AvgIpc) is 2.40. The highest BCUT2D eigenvalue weighted by molar-refractivity contribution is 5.92. The van der Waals surface area contributed by atoms with Gasteiger partial charge in [0.25, 0.3) is 0 Å². The Labute approximate surface area is 120 Å². The van der Waals surface area contributed by atoms with Crippen molar-refractivity contribution in [3.05, 3.63) is 24.3 Å². The Morgan fingerprint density at radius 1 is 1.10 bits per heavy atom. The number of hydrogen-bond donors (Lipinski definition) is 2. The minimum Gasteiger partial charge on any atom is -0.381 e. The first kappa shape index (κ1) is 14.9. The van der Waals surface area contributed by atoms with E-state index in [0.717, 1.165) is 24.2 Å². The van der Waals surface area contributed by atoms with E-state index >= 15 is 0 Å². The number of ether oxygens (including phenoxy) is 1. The van der Waals surface area contributed by atoms with Gasteiger partial charge in [-0.15, -0.1) is 0 Å². The van der Waals surface area contributed by atoms with Crippen LogP contribution in [0.15, 0.2) is 24.3 Å². The Hall–Kier alpha value is -1.55. The Kier molecular flexibility index (Phi) is 4.65. The molecule has 4 nitrogen and oxygen atoms in total. The van der Waals surface area contributed by atoms with Crippen LogP contribution in [0.2, 0.25) is 0 Å². The molecule has 0 bridgehead atoms. The molecule has 1 saturated heterocycles. The standard InChI is InChI=1S/C16H24N2O2/c1-16(2,3)18-14-6-4-13(5-7-14)17-15(19)12-8-10-20-11-9-12/h4-7,12,18H,8-11H2,1-3H3,(H,17,19). The molecule has 0 aromatic heterocycles. The molecule has 0 atom stereocenters. The number of nitrogens with one attached hydrogen (secondary N) is 2. The van der Waals surface area contributed by atoms with Crippen molar-refractivity contribution in [2.24, 2.45) is 5.92 Å². The fourth-order valence-electron chi connectivity index (χ4n) is 2.27. The number of rotatable bonds is 3. The molecule has 1 aliphatic rings. The van der Waals surface area contributed by atoms with Crippen molar-refractivity contribution in [3.63, 3.8) is 0 Å². The first-order valence-corrected chi connectivity index (χ1v) is 7.21. The molecule has 1 heterocycles. The number of benzene rings is 1. The zero-order valence-corrected chi connectivity index (χ0v) is 12.5. The lowest BCUT2D eigenvalue weighted by Crippen LogP contribution is -2.28. The molecule has 1 fully saturated rings. The van der Waals surface area contributed by atoms with Crippen molar-refractivity contribution in [2.75, 3.05) is 23.8 Å². The van der Waals surface area contributed by atoms with Crippen LogP contribution in [0.25, 0.3) is 0 Å². The van der Waals surface area contributed by atoms with Crippen molar-refractivity contribution in [3.8, 4) is 0 Å². The van der Waals surface area contributed by atoms with E-state index in [1.807, 2.05) is 24.3 Å². The highest BCUT2D eigenvalue weighted by Gasteiger charge is 2.21. The molecule has 0 saturated carbocycles. The highest BCUT2D eigenvalue weighted by Crippen LogP contribution is 2.20. The van der Waals surface area contributed by atoms with Crippen LogP contribution < -0.4 is 10.6 Å². The lowest BCUT2D eigenvalue weighted by Gasteiger charge is -2.23. The van der Waals surface area contributed by atoms with Gasteiger partial charge >= 0.3 is 0 Å². The monoisotopic (exact) mass is 276 g/mol. The Balaban J connectivity index is 1.91. The molecule has 1 aliphatic heterocycles. The third-order valence-corrected chi connectivity index (χ3v) is 3.26. The van der Waals surface area contributed by atoms with E-state index in [0.29, 0.717) is 13.2 Å². The smallest absolute Gasteiger partial charge is 0.227 e. The van der Waals surface area contributed by atoms with Crippen molar-refractivity contribution in [1.82, 2.24) is 0 Å². The van der Waals surface area contributed by atoms with E-state index in [-0.39, 0.29) is 17.4 Å². The van der Waals surface area contributed by atoms with Crippen LogP contribution in [-0.4, -0.2) is 24.7 Å². The fraction of sp³-hybridized carbons (Fsp3) is 0.562. The molecule has 0 radical (unpaired) electrons. The second kappa shape index (κ2) is 6.27. The Bertz CT molecular complexity index is 443. The first-order valence-electron chi connectivity index (χ1n) is 7.21. The summed E-state index contributed by atoms with van der Waals surface area (Å²) in [5.74, 6) is 0.181. The van der Waals surface area contributed by atoms with E-state index in [1.54, 1.807) is 0 Å². The van der Waals surface area contributed by atoms with Gasteiger partial charge in [-0.25, -0.2) is 0 Å². The second-order valence-corrected chi connectivity index (χ2v) is 6.33. The van der Waals surface area contributed by atoms with Crippen molar-refractivity contribution >= 4 is 17.3 Å². The van der Waals surface area contributed by atoms with Gasteiger partial charge < -0.3 is 15.4 Å². The number of hydrogen-bond acceptors (Lipinski definition) is 3. The van der Waals surface area contributed by atoms with Crippen LogP contribution in [0, 0.1) is 5.92 Å². The topological polar surface area (TPSA) is 50.4 Å². The number of anilines is 2. The summed E-state index contributed by atoms with van der Waals surface area (Å²) in [7, 11) is 0. The van der Waals surface area contributed by atoms with Gasteiger partial charge in [-0.05, 0) is 57.9 Å². The normalized spacial score (nSPS) is 16.8. The van der Waals surface area contributed by atoms with Crippen LogP contribution >= 0.6 is 0 Å². The number of amides is 1. The average molecular weight is 276 g/mol. The number of carbonyl (C=O) groups excluding carboxylic acids is 1. The molecular formula is C16H24N2O2. The van der Waals surface area contributed by atoms with Crippen LogP contribution in [0.3, 0.4) is 0 Å². The van der Waals surface area contributed by atoms with Crippen LogP contribution in [-0.2, 0) is 9.53 Å². The van der Waals surface area contributed by atoms with E-state index in [4.69, 9.17) is 4.74 Å². The van der Waals surface area contributed by atoms with Gasteiger partial charge in [0.05, 0.1) is 0 Å². The summed E-state index contributed by atoms with van der Waals surface area (Å²) in [6.07, 6.45) is 1.63. The number of carbonyl (C=O) groups is 1. The summed E-state index contributed by atoms with van der Waals surface area (Å²) < 4.78 is 5.27. The lowest BCUT2D eigenvalue weighted by atomic mass is 9.99. The van der Waals surface area contributed by atoms with Gasteiger partial charge in [0, 0.05) is 36.0 Å². The summed E-state index contributed by atoms with van der Waals surface area (Å²) in [5.41, 5.74) is 1.94. The maximum atomic E-state index is 12.1. The molecule has 0 aliphatic carbocycles. The predicted octanol–water partition coefficient (Wildman–Crippen LogP) is 3.26. The molecule has 1 amide bonds. The summed E-state index contributed by atoms with van der Waals surface area (Å²) in [4.78, 5) is 12.1. The van der Waals surface area contributed by atoms with Crippen LogP contribution in [0.5, 0.6) is 0 Å². The largest absolute Gasteiger partial charge is 0.381 e. The Morgan fingerprint density at radius 3 is 2.20 bits per heavy atom. The van der Waals surface area contributed by atoms with E-state index in [2.05, 4.69) is 31.4 Å². The molecule has 0 unspecified atom stereocenters. The molecule has 1 aromatic carbocycles. The molecule has 0 spiro atoms. The minimum absolute atomic E-state index is 0.0346. The van der Waals surface area contributed by atoms with E-state index in [1.165, 1.54) is 0 Å². The third kappa shape index (κ3) is 4.53. The summed E-state index contributed by atoms with van der Waals surface area (Å²) in [6.45, 7) is 7.73. The predicted molar refractivity (Wildman–Crippen MR) is 82.0 cm³/mol. The quantitative estimate of drug-likeness (QED) is 0.891. The molecular weight excluding hydrogens is 252 g/mol. The Morgan fingerprint density at radius 2 is 1.65 bits per heavy atom. The zero-order valence-electron chi connectivity index (χ0n) is 12.5. The first-order chi connectivity index (χ1) is 9.44. The minimum atomic E-state index is 0.0346. The van der Waals surface area contributed by atoms with Crippen molar-refractivity contribution < 1.29 is 9.53 Å². The van der Waals surface area contributed by atoms with Crippen LogP contribution in [0.4, 0.5) is 11.4 Å². The zero-order chi connectivity index (χ0) is 14.6. The highest BCUT2D eigenvalue weighted by atomic mass is 16.5. The van der Waals surface area contributed by atoms with Gasteiger partial charge in [-0.2, -0.15) is 0 Å². The van der Waals surface area contributed by atoms with Crippen molar-refractivity contribution in [1.29, 1.82) is 0 Å². The van der Waals surface area contributed by atoms with Crippen molar-refractivity contribution in [2.45, 2.75) is 39.2 Å². The molecule has 2 rings (SSSR count). The van der Waals surface area contributed by atoms with E-state index in [9.17, 15) is 4.79 Å². The van der Waals surface area contributed by atoms with Gasteiger partial charge in [0.1, 0.15) is 0 Å². The lowest BCUT2D eigenvalue weighted by molar-refractivity contribution is -0.122. The maximum absolute atomic E-state index is 12.1. The second-order valence-electron chi connectivity index (χ2n) is 6.33. The van der Waals surface area contributed by atoms with Gasteiger partial charge in [-0.3, -0.25) is 4.79 Å². The van der Waals surface area contributed by atoms with Gasteiger partial charge in [-0.1, -0.05) is 0 Å². The molecule has 4 heteroatoms. The summed E-state index contributed by atoms with van der Waals surface area (Å²) >= 11 is 0. The van der Waals surface area contributed by atoms with Gasteiger partial charge in [0.15, 0.2) is 0 Å².